The smallest absolute Gasteiger partial charge is 0.220 e. The molecule has 3 aromatic carbocycles. The molecule has 1 aromatic heterocycles. The summed E-state index contributed by atoms with van der Waals surface area (Å²) < 4.78 is 7.88. The third-order valence-electron chi connectivity index (χ3n) is 5.51. The standard InChI is InChI=1S/C27H27ClN2O2/c1-2-32-26-10-6-3-7-21(26)17-29-27(31)16-13-22-19-30(25-9-5-4-8-24(22)25)18-20-11-14-23(28)15-12-20/h3-12,14-15,19H,2,13,16-18H2,1H3,(H,29,31). The van der Waals surface area contributed by atoms with E-state index in [4.69, 9.17) is 16.3 Å². The van der Waals surface area contributed by atoms with Crippen LogP contribution in [0.1, 0.15) is 30.0 Å². The third-order valence-corrected chi connectivity index (χ3v) is 5.76. The van der Waals surface area contributed by atoms with Crippen molar-refractivity contribution < 1.29 is 9.53 Å². The van der Waals surface area contributed by atoms with Crippen molar-refractivity contribution in [2.24, 2.45) is 0 Å². The first-order valence-corrected chi connectivity index (χ1v) is 11.3. The zero-order valence-electron chi connectivity index (χ0n) is 18.2. The minimum Gasteiger partial charge on any atom is -0.494 e. The summed E-state index contributed by atoms with van der Waals surface area (Å²) in [6.45, 7) is 3.79. The van der Waals surface area contributed by atoms with Gasteiger partial charge in [0, 0.05) is 47.2 Å². The van der Waals surface area contributed by atoms with Gasteiger partial charge in [0.25, 0.3) is 0 Å². The van der Waals surface area contributed by atoms with Crippen LogP contribution < -0.4 is 10.1 Å². The molecule has 0 aliphatic rings. The first-order chi connectivity index (χ1) is 15.6. The molecule has 32 heavy (non-hydrogen) atoms. The van der Waals surface area contributed by atoms with E-state index in [2.05, 4.69) is 28.2 Å². The molecule has 1 N–H and O–H groups in total. The Balaban J connectivity index is 1.42. The van der Waals surface area contributed by atoms with Crippen LogP contribution in [0.25, 0.3) is 10.9 Å². The maximum absolute atomic E-state index is 12.6. The van der Waals surface area contributed by atoms with Crippen molar-refractivity contribution in [1.82, 2.24) is 9.88 Å². The van der Waals surface area contributed by atoms with E-state index in [1.54, 1.807) is 0 Å². The van der Waals surface area contributed by atoms with Crippen LogP contribution in [-0.4, -0.2) is 17.1 Å². The van der Waals surface area contributed by atoms with Crippen molar-refractivity contribution in [2.75, 3.05) is 6.61 Å². The summed E-state index contributed by atoms with van der Waals surface area (Å²) in [4.78, 5) is 12.6. The van der Waals surface area contributed by atoms with Crippen molar-refractivity contribution in [1.29, 1.82) is 0 Å². The van der Waals surface area contributed by atoms with Crippen molar-refractivity contribution in [3.05, 3.63) is 101 Å². The predicted molar refractivity (Wildman–Crippen MR) is 130 cm³/mol. The number of hydrogen-bond donors (Lipinski definition) is 1. The summed E-state index contributed by atoms with van der Waals surface area (Å²) in [5.74, 6) is 0.853. The molecule has 0 atom stereocenters. The minimum atomic E-state index is 0.0332. The highest BCUT2D eigenvalue weighted by atomic mass is 35.5. The average Bonchev–Trinajstić information content (AvgIpc) is 3.16. The third kappa shape index (κ3) is 5.32. The van der Waals surface area contributed by atoms with E-state index in [9.17, 15) is 4.79 Å². The number of nitrogens with zero attached hydrogens (tertiary/aromatic N) is 1. The number of rotatable bonds is 9. The Hall–Kier alpha value is -3.24. The monoisotopic (exact) mass is 446 g/mol. The Kier molecular flexibility index (Phi) is 7.13. The van der Waals surface area contributed by atoms with Gasteiger partial charge in [-0.1, -0.05) is 60.1 Å². The van der Waals surface area contributed by atoms with Gasteiger partial charge in [0.05, 0.1) is 6.61 Å². The number of fused-ring (bicyclic) bond motifs is 1. The second-order valence-corrected chi connectivity index (χ2v) is 8.18. The maximum atomic E-state index is 12.6. The van der Waals surface area contributed by atoms with E-state index in [1.165, 1.54) is 22.0 Å². The number of ether oxygens (including phenoxy) is 1. The molecular weight excluding hydrogens is 420 g/mol. The lowest BCUT2D eigenvalue weighted by atomic mass is 10.1. The van der Waals surface area contributed by atoms with E-state index in [0.717, 1.165) is 22.9 Å². The van der Waals surface area contributed by atoms with E-state index >= 15 is 0 Å². The average molecular weight is 447 g/mol. The van der Waals surface area contributed by atoms with E-state index in [-0.39, 0.29) is 5.91 Å². The van der Waals surface area contributed by atoms with Gasteiger partial charge < -0.3 is 14.6 Å². The van der Waals surface area contributed by atoms with E-state index in [0.29, 0.717) is 26.0 Å². The van der Waals surface area contributed by atoms with E-state index in [1.807, 2.05) is 67.6 Å². The molecule has 0 radical (unpaired) electrons. The van der Waals surface area contributed by atoms with Gasteiger partial charge in [-0.05, 0) is 48.7 Å². The van der Waals surface area contributed by atoms with Crippen LogP contribution in [0.4, 0.5) is 0 Å². The fourth-order valence-electron chi connectivity index (χ4n) is 3.92. The van der Waals surface area contributed by atoms with Gasteiger partial charge in [0.2, 0.25) is 5.91 Å². The van der Waals surface area contributed by atoms with Gasteiger partial charge in [-0.15, -0.1) is 0 Å². The van der Waals surface area contributed by atoms with Crippen LogP contribution in [0.5, 0.6) is 5.75 Å². The fraction of sp³-hybridized carbons (Fsp3) is 0.222. The Morgan fingerprint density at radius 2 is 1.72 bits per heavy atom. The Morgan fingerprint density at radius 1 is 0.969 bits per heavy atom. The first-order valence-electron chi connectivity index (χ1n) is 10.9. The molecule has 0 bridgehead atoms. The summed E-state index contributed by atoms with van der Waals surface area (Å²) in [6, 6.07) is 24.1. The zero-order valence-corrected chi connectivity index (χ0v) is 18.9. The van der Waals surface area contributed by atoms with Crippen molar-refractivity contribution in [2.45, 2.75) is 32.9 Å². The van der Waals surface area contributed by atoms with Crippen molar-refractivity contribution >= 4 is 28.4 Å². The van der Waals surface area contributed by atoms with Crippen LogP contribution in [0, 0.1) is 0 Å². The second kappa shape index (κ2) is 10.4. The zero-order chi connectivity index (χ0) is 22.3. The number of para-hydroxylation sites is 2. The first kappa shape index (κ1) is 22.0. The Morgan fingerprint density at radius 3 is 2.53 bits per heavy atom. The fourth-order valence-corrected chi connectivity index (χ4v) is 4.04. The Bertz CT molecular complexity index is 1200. The Labute approximate surface area is 193 Å². The van der Waals surface area contributed by atoms with Gasteiger partial charge in [-0.2, -0.15) is 0 Å². The number of carbonyl (C=O) groups is 1. The molecule has 0 fully saturated rings. The molecule has 0 aliphatic carbocycles. The molecule has 0 aliphatic heterocycles. The quantitative estimate of drug-likeness (QED) is 0.343. The summed E-state index contributed by atoms with van der Waals surface area (Å²) >= 11 is 6.02. The van der Waals surface area contributed by atoms with Gasteiger partial charge in [0.15, 0.2) is 0 Å². The van der Waals surface area contributed by atoms with Crippen LogP contribution in [0.15, 0.2) is 79.0 Å². The molecule has 0 saturated heterocycles. The SMILES string of the molecule is CCOc1ccccc1CNC(=O)CCc1cn(Cc2ccc(Cl)cc2)c2ccccc12. The highest BCUT2D eigenvalue weighted by molar-refractivity contribution is 6.30. The predicted octanol–water partition coefficient (Wildman–Crippen LogP) is 5.99. The van der Waals surface area contributed by atoms with Gasteiger partial charge in [0.1, 0.15) is 5.75 Å². The number of aryl methyl sites for hydroxylation is 1. The van der Waals surface area contributed by atoms with Crippen molar-refractivity contribution in [3.63, 3.8) is 0 Å². The van der Waals surface area contributed by atoms with Gasteiger partial charge >= 0.3 is 0 Å². The summed E-state index contributed by atoms with van der Waals surface area (Å²) in [5, 5.41) is 4.96. The van der Waals surface area contributed by atoms with Gasteiger partial charge in [-0.25, -0.2) is 0 Å². The molecule has 5 heteroatoms. The lowest BCUT2D eigenvalue weighted by molar-refractivity contribution is -0.121. The second-order valence-electron chi connectivity index (χ2n) is 7.74. The number of benzene rings is 3. The van der Waals surface area contributed by atoms with E-state index < -0.39 is 0 Å². The number of aromatic nitrogens is 1. The van der Waals surface area contributed by atoms with Crippen LogP contribution in [-0.2, 0) is 24.3 Å². The molecule has 0 spiro atoms. The largest absolute Gasteiger partial charge is 0.494 e. The summed E-state index contributed by atoms with van der Waals surface area (Å²) in [6.07, 6.45) is 3.29. The van der Waals surface area contributed by atoms with Crippen molar-refractivity contribution in [3.8, 4) is 5.75 Å². The lowest BCUT2D eigenvalue weighted by Gasteiger charge is -2.11. The minimum absolute atomic E-state index is 0.0332. The molecule has 0 saturated carbocycles. The highest BCUT2D eigenvalue weighted by Gasteiger charge is 2.11. The lowest BCUT2D eigenvalue weighted by Crippen LogP contribution is -2.23. The van der Waals surface area contributed by atoms with Gasteiger partial charge in [-0.3, -0.25) is 4.79 Å². The molecule has 1 heterocycles. The topological polar surface area (TPSA) is 43.3 Å². The molecule has 4 rings (SSSR count). The summed E-state index contributed by atoms with van der Waals surface area (Å²) in [5.41, 5.74) is 4.53. The van der Waals surface area contributed by atoms with Crippen LogP contribution in [0.2, 0.25) is 5.02 Å². The normalized spacial score (nSPS) is 10.9. The molecule has 1 amide bonds. The molecule has 0 unspecified atom stereocenters. The molecular formula is C27H27ClN2O2. The molecule has 4 nitrogen and oxygen atoms in total. The number of nitrogens with one attached hydrogen (secondary N) is 1. The maximum Gasteiger partial charge on any atom is 0.220 e. The number of amides is 1. The number of hydrogen-bond acceptors (Lipinski definition) is 2. The molecule has 4 aromatic rings. The highest BCUT2D eigenvalue weighted by Crippen LogP contribution is 2.24. The summed E-state index contributed by atoms with van der Waals surface area (Å²) in [7, 11) is 0. The van der Waals surface area contributed by atoms with Crippen LogP contribution >= 0.6 is 11.6 Å². The number of carbonyl (C=O) groups excluding carboxylic acids is 1. The number of halogens is 1. The molecule has 164 valence electrons. The van der Waals surface area contributed by atoms with Crippen LogP contribution in [0.3, 0.4) is 0 Å².